The Morgan fingerprint density at radius 2 is 0.851 bits per heavy atom. The maximum Gasteiger partial charge on any atom is 0.310 e. The molecule has 0 aliphatic carbocycles. The summed E-state index contributed by atoms with van der Waals surface area (Å²) in [5, 5.41) is 145. The number of hydrogen-bond acceptors (Lipinski definition) is 21. The van der Waals surface area contributed by atoms with Gasteiger partial charge < -0.3 is 102 Å². The molecule has 4 atom stereocenters. The number of aliphatic hydroxyl groups is 17. The van der Waals surface area contributed by atoms with Gasteiger partial charge in [-0.3, -0.25) is 4.79 Å². The van der Waals surface area contributed by atoms with Gasteiger partial charge in [-0.05, 0) is 90.2 Å². The van der Waals surface area contributed by atoms with Crippen LogP contribution < -0.4 is 5.32 Å². The number of benzene rings is 1. The average molecular weight is 1280 g/mol. The summed E-state index contributed by atoms with van der Waals surface area (Å²) >= 11 is 0. The minimum atomic E-state index is -0.708. The van der Waals surface area contributed by atoms with Crippen LogP contribution in [0.3, 0.4) is 0 Å². The normalized spacial score (nSPS) is 11.0. The van der Waals surface area contributed by atoms with Crippen molar-refractivity contribution in [3.8, 4) is 0 Å². The zero-order valence-corrected chi connectivity index (χ0v) is 58.5. The molecule has 21 heteroatoms. The van der Waals surface area contributed by atoms with Crippen molar-refractivity contribution >= 4 is 5.97 Å². The third kappa shape index (κ3) is 147. The summed E-state index contributed by atoms with van der Waals surface area (Å²) < 4.78 is 9.19. The van der Waals surface area contributed by atoms with Crippen molar-refractivity contribution in [3.05, 3.63) is 35.9 Å². The van der Waals surface area contributed by atoms with Crippen molar-refractivity contribution in [1.29, 1.82) is 0 Å². The third-order valence-corrected chi connectivity index (χ3v) is 10.6. The Hall–Kier alpha value is -2.07. The zero-order valence-electron chi connectivity index (χ0n) is 58.5. The van der Waals surface area contributed by atoms with E-state index in [0.29, 0.717) is 46.1 Å². The van der Waals surface area contributed by atoms with Gasteiger partial charge in [0.25, 0.3) is 0 Å². The fraction of sp³-hybridized carbons (Fsp3) is 0.894. The third-order valence-electron chi connectivity index (χ3n) is 10.6. The molecule has 0 bridgehead atoms. The molecule has 3 unspecified atom stereocenters. The lowest BCUT2D eigenvalue weighted by Crippen LogP contribution is -2.29. The summed E-state index contributed by atoms with van der Waals surface area (Å²) in [4.78, 5) is 10.4. The number of methoxy groups -OCH3 is 1. The number of carbonyl (C=O) groups is 1. The van der Waals surface area contributed by atoms with Crippen LogP contribution in [0.25, 0.3) is 0 Å². The van der Waals surface area contributed by atoms with E-state index in [1.165, 1.54) is 58.5 Å². The van der Waals surface area contributed by atoms with Gasteiger partial charge in [0.1, 0.15) is 0 Å². The fourth-order valence-corrected chi connectivity index (χ4v) is 3.99. The molecule has 1 aromatic carbocycles. The molecule has 21 nitrogen and oxygen atoms in total. The van der Waals surface area contributed by atoms with E-state index in [0.717, 1.165) is 95.9 Å². The number of hydrogen-bond donors (Lipinski definition) is 18. The molecule has 0 amide bonds. The molecule has 0 aromatic heterocycles. The quantitative estimate of drug-likeness (QED) is 0.0235. The van der Waals surface area contributed by atoms with Crippen molar-refractivity contribution in [2.75, 3.05) is 126 Å². The lowest BCUT2D eigenvalue weighted by molar-refractivity contribution is -0.146. The van der Waals surface area contributed by atoms with Gasteiger partial charge in [0, 0.05) is 70.7 Å². The first-order valence-corrected chi connectivity index (χ1v) is 32.5. The molecule has 0 spiro atoms. The molecule has 87 heavy (non-hydrogen) atoms. The molecular formula is C66H149NO20. The van der Waals surface area contributed by atoms with E-state index < -0.39 is 11.5 Å². The number of aliphatic hydroxyl groups excluding tert-OH is 17. The highest BCUT2D eigenvalue weighted by Crippen LogP contribution is 2.14. The molecular weight excluding hydrogens is 1130 g/mol. The second-order valence-electron chi connectivity index (χ2n) is 20.2. The van der Waals surface area contributed by atoms with Crippen LogP contribution in [0, 0.1) is 17.3 Å². The molecule has 0 saturated heterocycles. The van der Waals surface area contributed by atoms with E-state index in [9.17, 15) is 9.90 Å². The molecule has 1 aromatic rings. The van der Waals surface area contributed by atoms with Gasteiger partial charge in [0.2, 0.25) is 0 Å². The molecule has 538 valence electrons. The van der Waals surface area contributed by atoms with Gasteiger partial charge >= 0.3 is 5.97 Å². The maximum absolute atomic E-state index is 10.4. The van der Waals surface area contributed by atoms with Crippen LogP contribution in [-0.2, 0) is 14.3 Å². The van der Waals surface area contributed by atoms with Crippen molar-refractivity contribution in [2.45, 2.75) is 244 Å². The number of ether oxygens (including phenoxy) is 2. The lowest BCUT2D eigenvalue weighted by Gasteiger charge is -2.20. The van der Waals surface area contributed by atoms with Crippen molar-refractivity contribution in [3.63, 3.8) is 0 Å². The maximum atomic E-state index is 10.4. The number of carbonyl (C=O) groups excluding carboxylic acids is 1. The number of rotatable bonds is 35. The Bertz CT molecular complexity index is 1080. The second-order valence-corrected chi connectivity index (χ2v) is 20.2. The standard InChI is InChI=1S/C9H12O.C7H16O.C6H14O.C5H13NO.C5H12O3.C5H10O3.C5H12O2.C5H12O.2C4H10O2.2C4H10O.C3H8O/c1-2-9(10)8-6-4-3-5-7-8;1-2-3-4-5-6-7-8;1-2-3-4-5-6-7;1-2-3-6-4-5-7;1-5(2-6,3-7)4-8;1-4(3-6)5(7)8-2;1-2-4-7-5-3-6;1-2-3-4-5-6;1-4(2-5)3-6;1-2-4(6)3-5;1-3-4(2)5;1-2-3-4-5;1-2-3-4/h3-7,9-10H,2H2,1H3;8H,2-7H2,1H3;7H,2-6H2,1H3;6-7H,2-5H2,1H3;6-8H,2-4H2,1H3;4,6H,3H2,1-2H3;6H,2-5H2,1H3;6H,2-5H2,1H3;2*4-6H,2-3H2,1H3;4-5H,3H2,1-2H3;5H,2-4H2,1H3;4H,2-3H2,1H3/t;;;;;4-;;;;;;;/m.....0......./s1. The van der Waals surface area contributed by atoms with Crippen molar-refractivity contribution in [2.24, 2.45) is 17.3 Å². The van der Waals surface area contributed by atoms with Crippen LogP contribution in [0.5, 0.6) is 0 Å². The predicted molar refractivity (Wildman–Crippen MR) is 360 cm³/mol. The molecule has 18 N–H and O–H groups in total. The SMILES string of the molecule is CC(CO)(CO)CO.CC(CO)CO.CCC(C)O.CCC(O)CO.CCC(O)c1ccccc1.CCCCCCCO.CCCCCCO.CCCCCO.CCCCO.CCCNCCO.CCCO.CCCOCCO.COC(=O)[C@@H](C)CO. The van der Waals surface area contributed by atoms with E-state index in [4.69, 9.17) is 86.4 Å². The highest BCUT2D eigenvalue weighted by Gasteiger charge is 2.20. The van der Waals surface area contributed by atoms with Gasteiger partial charge in [-0.2, -0.15) is 0 Å². The molecule has 1 rings (SSSR count). The monoisotopic (exact) mass is 1280 g/mol. The van der Waals surface area contributed by atoms with E-state index in [1.807, 2.05) is 65.0 Å². The largest absolute Gasteiger partial charge is 0.469 e. The van der Waals surface area contributed by atoms with Gasteiger partial charge in [0.15, 0.2) is 0 Å². The van der Waals surface area contributed by atoms with E-state index in [2.05, 4.69) is 44.7 Å². The van der Waals surface area contributed by atoms with Crippen LogP contribution in [0.4, 0.5) is 0 Å². The molecule has 0 saturated carbocycles. The number of esters is 1. The Balaban J connectivity index is -0.0000000705. The molecule has 0 fully saturated rings. The van der Waals surface area contributed by atoms with Crippen LogP contribution in [0.15, 0.2) is 30.3 Å². The smallest absolute Gasteiger partial charge is 0.310 e. The van der Waals surface area contributed by atoms with E-state index in [1.54, 1.807) is 27.7 Å². The van der Waals surface area contributed by atoms with Crippen LogP contribution in [0.2, 0.25) is 0 Å². The van der Waals surface area contributed by atoms with Gasteiger partial charge in [0.05, 0.1) is 84.2 Å². The Morgan fingerprint density at radius 3 is 1.06 bits per heavy atom. The first kappa shape index (κ1) is 112. The Morgan fingerprint density at radius 1 is 0.448 bits per heavy atom. The summed E-state index contributed by atoms with van der Waals surface area (Å²) in [5.41, 5.74) is 0.296. The highest BCUT2D eigenvalue weighted by atomic mass is 16.5. The fourth-order valence-electron chi connectivity index (χ4n) is 3.99. The number of nitrogens with one attached hydrogen (secondary N) is 1. The first-order chi connectivity index (χ1) is 41.5. The summed E-state index contributed by atoms with van der Waals surface area (Å²) in [6.45, 7) is 31.6. The second kappa shape index (κ2) is 115. The lowest BCUT2D eigenvalue weighted by atomic mass is 9.95. The Labute approximate surface area is 533 Å². The number of unbranched alkanes of at least 4 members (excludes halogenated alkanes) is 10. The highest BCUT2D eigenvalue weighted by molar-refractivity contribution is 5.71. The molecule has 0 radical (unpaired) electrons. The minimum Gasteiger partial charge on any atom is -0.469 e. The summed E-state index contributed by atoms with van der Waals surface area (Å²) in [5.74, 6) is -0.711. The van der Waals surface area contributed by atoms with E-state index >= 15 is 0 Å². The van der Waals surface area contributed by atoms with Gasteiger partial charge in [-0.1, -0.05) is 178 Å². The molecule has 0 heterocycles. The van der Waals surface area contributed by atoms with Crippen LogP contribution in [0.1, 0.15) is 237 Å². The molecule has 0 aliphatic rings. The topological polar surface area (TPSA) is 391 Å². The van der Waals surface area contributed by atoms with Gasteiger partial charge in [-0.25, -0.2) is 0 Å². The minimum absolute atomic E-state index is 0.0463. The predicted octanol–water partition coefficient (Wildman–Crippen LogP) is 7.25. The van der Waals surface area contributed by atoms with Crippen molar-refractivity contribution in [1.82, 2.24) is 5.32 Å². The van der Waals surface area contributed by atoms with Crippen LogP contribution in [-0.4, -0.2) is 231 Å². The van der Waals surface area contributed by atoms with Crippen molar-refractivity contribution < 1.29 is 101 Å². The summed E-state index contributed by atoms with van der Waals surface area (Å²) in [7, 11) is 1.30. The summed E-state index contributed by atoms with van der Waals surface area (Å²) in [6.07, 6.45) is 20.5. The van der Waals surface area contributed by atoms with Crippen LogP contribution >= 0.6 is 0 Å². The Kier molecular flexibility index (Phi) is 148. The molecule has 0 aliphatic heterocycles. The average Bonchev–Trinajstić information content (AvgIpc) is 3.65. The van der Waals surface area contributed by atoms with Gasteiger partial charge in [-0.15, -0.1) is 0 Å². The first-order valence-electron chi connectivity index (χ1n) is 32.5. The zero-order chi connectivity index (χ0) is 70.1. The van der Waals surface area contributed by atoms with E-state index in [-0.39, 0.29) is 89.5 Å². The summed E-state index contributed by atoms with van der Waals surface area (Å²) in [6, 6.07) is 9.70.